The van der Waals surface area contributed by atoms with Crippen molar-refractivity contribution in [1.82, 2.24) is 9.78 Å². The van der Waals surface area contributed by atoms with E-state index in [1.807, 2.05) is 17.1 Å². The zero-order valence-corrected chi connectivity index (χ0v) is 9.37. The fourth-order valence-electron chi connectivity index (χ4n) is 1.30. The number of unbranched alkanes of at least 4 members (excludes halogenated alkanes) is 2. The van der Waals surface area contributed by atoms with Crippen LogP contribution in [0.5, 0.6) is 0 Å². The summed E-state index contributed by atoms with van der Waals surface area (Å²) < 4.78 is 1.93. The van der Waals surface area contributed by atoms with Gasteiger partial charge in [-0.2, -0.15) is 5.10 Å². The van der Waals surface area contributed by atoms with Crippen molar-refractivity contribution in [2.24, 2.45) is 5.73 Å². The van der Waals surface area contributed by atoms with Gasteiger partial charge in [-0.1, -0.05) is 18.8 Å². The second-order valence-corrected chi connectivity index (χ2v) is 3.54. The largest absolute Gasteiger partial charge is 0.330 e. The Kier molecular flexibility index (Phi) is 5.57. The maximum Gasteiger partial charge on any atom is 0.0646 e. The van der Waals surface area contributed by atoms with E-state index in [2.05, 4.69) is 23.9 Å². The Labute approximate surface area is 91.7 Å². The van der Waals surface area contributed by atoms with Gasteiger partial charge in [-0.25, -0.2) is 0 Å². The van der Waals surface area contributed by atoms with Crippen LogP contribution in [-0.2, 0) is 6.54 Å². The maximum absolute atomic E-state index is 5.40. The zero-order valence-electron chi connectivity index (χ0n) is 9.37. The van der Waals surface area contributed by atoms with E-state index in [0.717, 1.165) is 44.3 Å². The van der Waals surface area contributed by atoms with Crippen molar-refractivity contribution in [2.45, 2.75) is 39.2 Å². The molecule has 3 heteroatoms. The Balaban J connectivity index is 2.35. The minimum atomic E-state index is 0.760. The molecule has 0 saturated heterocycles. The number of nitrogens with zero attached hydrogens (tertiary/aromatic N) is 2. The van der Waals surface area contributed by atoms with Crippen LogP contribution in [-0.4, -0.2) is 16.3 Å². The highest BCUT2D eigenvalue weighted by molar-refractivity contribution is 5.29. The molecule has 3 nitrogen and oxygen atoms in total. The quantitative estimate of drug-likeness (QED) is 0.588. The van der Waals surface area contributed by atoms with Crippen LogP contribution in [0.1, 0.15) is 38.2 Å². The van der Waals surface area contributed by atoms with Crippen LogP contribution >= 0.6 is 0 Å². The van der Waals surface area contributed by atoms with Gasteiger partial charge in [-0.05, 0) is 25.8 Å². The lowest BCUT2D eigenvalue weighted by molar-refractivity contribution is 0.602. The molecule has 0 radical (unpaired) electrons. The minimum absolute atomic E-state index is 0.760. The highest BCUT2D eigenvalue weighted by atomic mass is 15.3. The summed E-state index contributed by atoms with van der Waals surface area (Å²) in [4.78, 5) is 0. The summed E-state index contributed by atoms with van der Waals surface area (Å²) in [5, 5.41) is 4.22. The monoisotopic (exact) mass is 205 g/mol. The van der Waals surface area contributed by atoms with Crippen molar-refractivity contribution >= 4 is 0 Å². The molecular weight excluding hydrogens is 186 g/mol. The van der Waals surface area contributed by atoms with E-state index in [9.17, 15) is 0 Å². The van der Waals surface area contributed by atoms with Crippen molar-refractivity contribution in [3.63, 3.8) is 0 Å². The minimum Gasteiger partial charge on any atom is -0.330 e. The maximum atomic E-state index is 5.40. The fourth-order valence-corrected chi connectivity index (χ4v) is 1.30. The van der Waals surface area contributed by atoms with Gasteiger partial charge < -0.3 is 5.73 Å². The van der Waals surface area contributed by atoms with E-state index in [0.29, 0.717) is 0 Å². The predicted octanol–water partition coefficient (Wildman–Crippen LogP) is 1.77. The second-order valence-electron chi connectivity index (χ2n) is 3.54. The first-order valence-electron chi connectivity index (χ1n) is 5.58. The van der Waals surface area contributed by atoms with Crippen LogP contribution in [0.2, 0.25) is 0 Å². The molecule has 1 aromatic rings. The van der Waals surface area contributed by atoms with E-state index in [1.165, 1.54) is 0 Å². The smallest absolute Gasteiger partial charge is 0.0646 e. The molecular formula is C12H19N3. The molecule has 0 bridgehead atoms. The molecule has 0 aliphatic carbocycles. The summed E-state index contributed by atoms with van der Waals surface area (Å²) >= 11 is 0. The molecule has 2 N–H and O–H groups in total. The Hall–Kier alpha value is -1.27. The Morgan fingerprint density at radius 2 is 2.33 bits per heavy atom. The van der Waals surface area contributed by atoms with Crippen LogP contribution in [0, 0.1) is 11.8 Å². The molecule has 0 amide bonds. The molecule has 0 spiro atoms. The van der Waals surface area contributed by atoms with Gasteiger partial charge in [0.05, 0.1) is 11.8 Å². The topological polar surface area (TPSA) is 43.8 Å². The third-order valence-corrected chi connectivity index (χ3v) is 2.07. The van der Waals surface area contributed by atoms with Crippen LogP contribution in [0.4, 0.5) is 0 Å². The van der Waals surface area contributed by atoms with Crippen LogP contribution < -0.4 is 5.73 Å². The van der Waals surface area contributed by atoms with E-state index in [-0.39, 0.29) is 0 Å². The van der Waals surface area contributed by atoms with Crippen molar-refractivity contribution in [1.29, 1.82) is 0 Å². The summed E-state index contributed by atoms with van der Waals surface area (Å²) in [5.74, 6) is 6.24. The van der Waals surface area contributed by atoms with Gasteiger partial charge >= 0.3 is 0 Å². The van der Waals surface area contributed by atoms with E-state index in [4.69, 9.17) is 5.73 Å². The SMILES string of the molecule is CCCn1cc(C#CCCCCN)cn1. The van der Waals surface area contributed by atoms with E-state index in [1.54, 1.807) is 0 Å². The average molecular weight is 205 g/mol. The Morgan fingerprint density at radius 3 is 3.07 bits per heavy atom. The molecule has 82 valence electrons. The van der Waals surface area contributed by atoms with Gasteiger partial charge in [0.2, 0.25) is 0 Å². The summed E-state index contributed by atoms with van der Waals surface area (Å²) in [5.41, 5.74) is 6.41. The Morgan fingerprint density at radius 1 is 1.47 bits per heavy atom. The molecule has 0 aliphatic rings. The number of aryl methyl sites for hydroxylation is 1. The summed E-state index contributed by atoms with van der Waals surface area (Å²) in [6.07, 6.45) is 8.00. The third kappa shape index (κ3) is 4.66. The van der Waals surface area contributed by atoms with Gasteiger partial charge in [-0.15, -0.1) is 0 Å². The first kappa shape index (κ1) is 11.8. The number of rotatable bonds is 5. The lowest BCUT2D eigenvalue weighted by Crippen LogP contribution is -1.96. The molecule has 0 fully saturated rings. The van der Waals surface area contributed by atoms with Gasteiger partial charge in [0.25, 0.3) is 0 Å². The molecule has 1 aromatic heterocycles. The molecule has 0 aromatic carbocycles. The normalized spacial score (nSPS) is 9.73. The molecule has 15 heavy (non-hydrogen) atoms. The first-order valence-corrected chi connectivity index (χ1v) is 5.58. The highest BCUT2D eigenvalue weighted by Gasteiger charge is 1.92. The molecule has 0 saturated carbocycles. The van der Waals surface area contributed by atoms with Crippen LogP contribution in [0.3, 0.4) is 0 Å². The van der Waals surface area contributed by atoms with E-state index >= 15 is 0 Å². The number of hydrogen-bond donors (Lipinski definition) is 1. The van der Waals surface area contributed by atoms with Gasteiger partial charge in [0.15, 0.2) is 0 Å². The molecule has 1 heterocycles. The molecule has 0 unspecified atom stereocenters. The molecule has 1 rings (SSSR count). The summed E-state index contributed by atoms with van der Waals surface area (Å²) in [7, 11) is 0. The van der Waals surface area contributed by atoms with Gasteiger partial charge in [-0.3, -0.25) is 4.68 Å². The number of aromatic nitrogens is 2. The second kappa shape index (κ2) is 7.08. The summed E-state index contributed by atoms with van der Waals surface area (Å²) in [6, 6.07) is 0. The van der Waals surface area contributed by atoms with Crippen molar-refractivity contribution < 1.29 is 0 Å². The van der Waals surface area contributed by atoms with Gasteiger partial charge in [0, 0.05) is 19.2 Å². The number of hydrogen-bond acceptors (Lipinski definition) is 2. The lowest BCUT2D eigenvalue weighted by Gasteiger charge is -1.93. The van der Waals surface area contributed by atoms with Crippen molar-refractivity contribution in [2.75, 3.05) is 6.54 Å². The highest BCUT2D eigenvalue weighted by Crippen LogP contribution is 1.97. The third-order valence-electron chi connectivity index (χ3n) is 2.07. The average Bonchev–Trinajstić information content (AvgIpc) is 2.66. The Bertz CT molecular complexity index is 330. The standard InChI is InChI=1S/C12H19N3/c1-2-9-15-11-12(10-14-15)7-5-3-4-6-8-13/h10-11H,2-4,6,8-9,13H2,1H3. The van der Waals surface area contributed by atoms with Crippen LogP contribution in [0.25, 0.3) is 0 Å². The number of nitrogens with two attached hydrogens (primary N) is 1. The van der Waals surface area contributed by atoms with E-state index < -0.39 is 0 Å². The molecule has 0 aliphatic heterocycles. The van der Waals surface area contributed by atoms with Gasteiger partial charge in [0.1, 0.15) is 0 Å². The predicted molar refractivity (Wildman–Crippen MR) is 62.3 cm³/mol. The zero-order chi connectivity index (χ0) is 10.9. The fraction of sp³-hybridized carbons (Fsp3) is 0.583. The van der Waals surface area contributed by atoms with Crippen molar-refractivity contribution in [3.05, 3.63) is 18.0 Å². The lowest BCUT2D eigenvalue weighted by atomic mass is 10.2. The van der Waals surface area contributed by atoms with Crippen LogP contribution in [0.15, 0.2) is 12.4 Å². The summed E-state index contributed by atoms with van der Waals surface area (Å²) in [6.45, 7) is 3.87. The molecule has 0 atom stereocenters. The van der Waals surface area contributed by atoms with Crippen molar-refractivity contribution in [3.8, 4) is 11.8 Å². The first-order chi connectivity index (χ1) is 7.36.